The molecule has 4 fully saturated rings. The summed E-state index contributed by atoms with van der Waals surface area (Å²) in [6, 6.07) is 0. The van der Waals surface area contributed by atoms with Crippen LogP contribution in [-0.4, -0.2) is 18.2 Å². The summed E-state index contributed by atoms with van der Waals surface area (Å²) in [7, 11) is 1.67. The first-order chi connectivity index (χ1) is 6.78. The van der Waals surface area contributed by atoms with Crippen LogP contribution >= 0.6 is 0 Å². The quantitative estimate of drug-likeness (QED) is 0.420. The van der Waals surface area contributed by atoms with Crippen molar-refractivity contribution in [1.29, 1.82) is 0 Å². The Morgan fingerprint density at radius 3 is 1.86 bits per heavy atom. The van der Waals surface area contributed by atoms with Crippen molar-refractivity contribution in [1.82, 2.24) is 0 Å². The Balaban J connectivity index is 1.93. The van der Waals surface area contributed by atoms with Gasteiger partial charge in [0, 0.05) is 18.9 Å². The Kier molecular flexibility index (Phi) is 1.92. The van der Waals surface area contributed by atoms with Crippen molar-refractivity contribution in [2.24, 2.45) is 23.7 Å². The third-order valence-corrected chi connectivity index (χ3v) is 4.74. The second kappa shape index (κ2) is 2.94. The van der Waals surface area contributed by atoms with Crippen molar-refractivity contribution in [3.05, 3.63) is 0 Å². The van der Waals surface area contributed by atoms with Crippen LogP contribution in [0.4, 0.5) is 0 Å². The first-order valence-corrected chi connectivity index (χ1v) is 5.66. The summed E-state index contributed by atoms with van der Waals surface area (Å²) in [5, 5.41) is 9.12. The van der Waals surface area contributed by atoms with Gasteiger partial charge in [-0.2, -0.15) is 0 Å². The lowest BCUT2D eigenvalue weighted by molar-refractivity contribution is -0.453. The molecule has 0 atom stereocenters. The highest BCUT2D eigenvalue weighted by atomic mass is 17.1. The van der Waals surface area contributed by atoms with E-state index in [1.165, 1.54) is 32.1 Å². The van der Waals surface area contributed by atoms with Gasteiger partial charge in [-0.05, 0) is 43.9 Å². The van der Waals surface area contributed by atoms with E-state index < -0.39 is 5.79 Å². The molecule has 4 aliphatic carbocycles. The molecule has 4 rings (SSSR count). The van der Waals surface area contributed by atoms with Crippen LogP contribution in [0, 0.1) is 23.7 Å². The van der Waals surface area contributed by atoms with Gasteiger partial charge in [0.15, 0.2) is 0 Å². The van der Waals surface area contributed by atoms with Crippen molar-refractivity contribution in [3.63, 3.8) is 0 Å². The van der Waals surface area contributed by atoms with Crippen LogP contribution in [0.1, 0.15) is 32.1 Å². The molecule has 0 aromatic carbocycles. The number of methoxy groups -OCH3 is 1. The van der Waals surface area contributed by atoms with Crippen molar-refractivity contribution < 1.29 is 14.9 Å². The minimum Gasteiger partial charge on any atom is -0.350 e. The first kappa shape index (κ1) is 9.13. The average molecular weight is 198 g/mol. The lowest BCUT2D eigenvalue weighted by Crippen LogP contribution is -2.59. The minimum absolute atomic E-state index is 0.425. The molecule has 0 amide bonds. The van der Waals surface area contributed by atoms with Gasteiger partial charge in [-0.3, -0.25) is 0 Å². The number of hydrogen-bond donors (Lipinski definition) is 1. The molecule has 0 aromatic rings. The normalized spacial score (nSPS) is 55.3. The van der Waals surface area contributed by atoms with Gasteiger partial charge in [-0.1, -0.05) is 0 Å². The van der Waals surface area contributed by atoms with Crippen molar-refractivity contribution in [3.8, 4) is 0 Å². The molecule has 4 bridgehead atoms. The highest BCUT2D eigenvalue weighted by molar-refractivity contribution is 5.03. The maximum absolute atomic E-state index is 9.12. The van der Waals surface area contributed by atoms with Crippen LogP contribution in [0.5, 0.6) is 0 Å². The second-order valence-electron chi connectivity index (χ2n) is 5.32. The van der Waals surface area contributed by atoms with E-state index in [1.54, 1.807) is 7.11 Å². The number of hydrogen-bond acceptors (Lipinski definition) is 3. The zero-order valence-electron chi connectivity index (χ0n) is 8.61. The van der Waals surface area contributed by atoms with Crippen molar-refractivity contribution >= 4 is 0 Å². The van der Waals surface area contributed by atoms with E-state index >= 15 is 0 Å². The van der Waals surface area contributed by atoms with Gasteiger partial charge < -0.3 is 4.74 Å². The van der Waals surface area contributed by atoms with Gasteiger partial charge in [0.05, 0.1) is 0 Å². The van der Waals surface area contributed by atoms with Crippen LogP contribution in [0.25, 0.3) is 0 Å². The smallest absolute Gasteiger partial charge is 0.206 e. The standard InChI is InChI=1S/C11H18O3/c1-13-11(14-12)9-3-7-2-8(5-9)6-10(11)4-7/h7-10,12H,2-6H2,1H3. The van der Waals surface area contributed by atoms with Gasteiger partial charge in [0.1, 0.15) is 0 Å². The van der Waals surface area contributed by atoms with Gasteiger partial charge in [-0.15, -0.1) is 0 Å². The lowest BCUT2D eigenvalue weighted by atomic mass is 9.53. The van der Waals surface area contributed by atoms with E-state index in [0.717, 1.165) is 11.8 Å². The summed E-state index contributed by atoms with van der Waals surface area (Å²) in [6.45, 7) is 0. The Bertz CT molecular complexity index is 205. The van der Waals surface area contributed by atoms with E-state index in [2.05, 4.69) is 0 Å². The molecule has 0 unspecified atom stereocenters. The van der Waals surface area contributed by atoms with Gasteiger partial charge in [0.2, 0.25) is 5.79 Å². The zero-order chi connectivity index (χ0) is 9.76. The summed E-state index contributed by atoms with van der Waals surface area (Å²) in [4.78, 5) is 4.74. The molecule has 3 heteroatoms. The van der Waals surface area contributed by atoms with E-state index in [9.17, 15) is 0 Å². The van der Waals surface area contributed by atoms with Gasteiger partial charge in [0.25, 0.3) is 0 Å². The molecule has 1 N–H and O–H groups in total. The fourth-order valence-electron chi connectivity index (χ4n) is 4.36. The molecule has 0 aliphatic heterocycles. The number of rotatable bonds is 2. The Labute approximate surface area is 84.3 Å². The van der Waals surface area contributed by atoms with E-state index in [-0.39, 0.29) is 0 Å². The monoisotopic (exact) mass is 198 g/mol. The molecule has 14 heavy (non-hydrogen) atoms. The molecule has 80 valence electrons. The average Bonchev–Trinajstić information content (AvgIpc) is 2.18. The van der Waals surface area contributed by atoms with E-state index in [0.29, 0.717) is 11.8 Å². The summed E-state index contributed by atoms with van der Waals surface area (Å²) >= 11 is 0. The molecule has 0 saturated heterocycles. The van der Waals surface area contributed by atoms with E-state index in [1.807, 2.05) is 0 Å². The van der Waals surface area contributed by atoms with Crippen LogP contribution in [0.3, 0.4) is 0 Å². The maximum atomic E-state index is 9.12. The van der Waals surface area contributed by atoms with Crippen molar-refractivity contribution in [2.75, 3.05) is 7.11 Å². The molecule has 0 spiro atoms. The molecule has 3 nitrogen and oxygen atoms in total. The van der Waals surface area contributed by atoms with Crippen LogP contribution < -0.4 is 0 Å². The predicted octanol–water partition coefficient (Wildman–Crippen LogP) is 2.27. The molecule has 4 saturated carbocycles. The molecule has 0 aromatic heterocycles. The Morgan fingerprint density at radius 2 is 1.50 bits per heavy atom. The minimum atomic E-state index is -0.659. The molecule has 0 heterocycles. The highest BCUT2D eigenvalue weighted by Gasteiger charge is 2.59. The molecular formula is C11H18O3. The fraction of sp³-hybridized carbons (Fsp3) is 1.00. The Morgan fingerprint density at radius 1 is 1.00 bits per heavy atom. The maximum Gasteiger partial charge on any atom is 0.206 e. The fourth-order valence-corrected chi connectivity index (χ4v) is 4.36. The van der Waals surface area contributed by atoms with Gasteiger partial charge in [-0.25, -0.2) is 10.1 Å². The zero-order valence-corrected chi connectivity index (χ0v) is 8.61. The van der Waals surface area contributed by atoms with Crippen LogP contribution in [0.2, 0.25) is 0 Å². The summed E-state index contributed by atoms with van der Waals surface area (Å²) in [6.07, 6.45) is 6.13. The first-order valence-electron chi connectivity index (χ1n) is 5.66. The van der Waals surface area contributed by atoms with Gasteiger partial charge >= 0.3 is 0 Å². The van der Waals surface area contributed by atoms with E-state index in [4.69, 9.17) is 14.9 Å². The Hall–Kier alpha value is -0.120. The molecule has 4 aliphatic rings. The van der Waals surface area contributed by atoms with Crippen LogP contribution in [-0.2, 0) is 9.62 Å². The molecule has 0 radical (unpaired) electrons. The largest absolute Gasteiger partial charge is 0.350 e. The second-order valence-corrected chi connectivity index (χ2v) is 5.32. The third kappa shape index (κ3) is 0.980. The third-order valence-electron chi connectivity index (χ3n) is 4.74. The van der Waals surface area contributed by atoms with Crippen LogP contribution in [0.15, 0.2) is 0 Å². The summed E-state index contributed by atoms with van der Waals surface area (Å²) in [5.41, 5.74) is 0. The topological polar surface area (TPSA) is 38.7 Å². The summed E-state index contributed by atoms with van der Waals surface area (Å²) in [5.74, 6) is 1.93. The predicted molar refractivity (Wildman–Crippen MR) is 50.5 cm³/mol. The number of ether oxygens (including phenoxy) is 1. The molecular weight excluding hydrogens is 180 g/mol. The SMILES string of the molecule is COC1(OO)C2CC3CC(C2)CC1C3. The summed E-state index contributed by atoms with van der Waals surface area (Å²) < 4.78 is 5.49. The highest BCUT2D eigenvalue weighted by Crippen LogP contribution is 2.59. The van der Waals surface area contributed by atoms with Crippen molar-refractivity contribution in [2.45, 2.75) is 37.9 Å². The lowest BCUT2D eigenvalue weighted by Gasteiger charge is -2.58.